The molecule has 1 atom stereocenters. The quantitative estimate of drug-likeness (QED) is 0.915. The third-order valence-electron chi connectivity index (χ3n) is 3.68. The number of hydrogen-bond acceptors (Lipinski definition) is 2. The average molecular weight is 298 g/mol. The Kier molecular flexibility index (Phi) is 3.87. The van der Waals surface area contributed by atoms with Crippen LogP contribution in [0.15, 0.2) is 48.5 Å². The van der Waals surface area contributed by atoms with Crippen molar-refractivity contribution in [2.45, 2.75) is 18.9 Å². The van der Waals surface area contributed by atoms with Crippen molar-refractivity contribution in [1.29, 1.82) is 0 Å². The van der Waals surface area contributed by atoms with Crippen LogP contribution < -0.4 is 10.6 Å². The average Bonchev–Trinajstić information content (AvgIpc) is 2.52. The van der Waals surface area contributed by atoms with Crippen LogP contribution in [0.3, 0.4) is 0 Å². The molecule has 5 heteroatoms. The van der Waals surface area contributed by atoms with E-state index in [1.165, 1.54) is 12.1 Å². The van der Waals surface area contributed by atoms with Gasteiger partial charge in [0.05, 0.1) is 5.92 Å². The minimum Gasteiger partial charge on any atom is -0.351 e. The highest BCUT2D eigenvalue weighted by molar-refractivity contribution is 6.01. The molecule has 0 unspecified atom stereocenters. The normalized spacial score (nSPS) is 16.6. The summed E-state index contributed by atoms with van der Waals surface area (Å²) < 4.78 is 13.3. The largest absolute Gasteiger partial charge is 0.351 e. The van der Waals surface area contributed by atoms with Gasteiger partial charge in [0.2, 0.25) is 11.8 Å². The summed E-state index contributed by atoms with van der Waals surface area (Å²) in [7, 11) is 0. The monoisotopic (exact) mass is 298 g/mol. The van der Waals surface area contributed by atoms with Crippen LogP contribution in [0.5, 0.6) is 0 Å². The number of hydrogen-bond donors (Lipinski definition) is 2. The molecule has 2 amide bonds. The maximum Gasteiger partial charge on any atom is 0.228 e. The molecule has 0 spiro atoms. The van der Waals surface area contributed by atoms with E-state index >= 15 is 0 Å². The number of amides is 2. The summed E-state index contributed by atoms with van der Waals surface area (Å²) in [5.41, 5.74) is 2.00. The highest BCUT2D eigenvalue weighted by atomic mass is 19.1. The van der Waals surface area contributed by atoms with Crippen molar-refractivity contribution in [3.8, 4) is 0 Å². The van der Waals surface area contributed by atoms with Gasteiger partial charge in [-0.15, -0.1) is 0 Å². The molecular weight excluding hydrogens is 283 g/mol. The first-order valence-electron chi connectivity index (χ1n) is 7.04. The lowest BCUT2D eigenvalue weighted by atomic mass is 9.89. The molecule has 112 valence electrons. The van der Waals surface area contributed by atoms with E-state index in [1.54, 1.807) is 6.07 Å². The van der Waals surface area contributed by atoms with Gasteiger partial charge >= 0.3 is 0 Å². The predicted molar refractivity (Wildman–Crippen MR) is 80.7 cm³/mol. The molecule has 22 heavy (non-hydrogen) atoms. The Morgan fingerprint density at radius 1 is 1.23 bits per heavy atom. The maximum absolute atomic E-state index is 13.3. The molecule has 2 aromatic carbocycles. The van der Waals surface area contributed by atoms with E-state index in [0.29, 0.717) is 17.8 Å². The number of halogens is 1. The zero-order valence-electron chi connectivity index (χ0n) is 11.8. The Bertz CT molecular complexity index is 716. The molecule has 0 aromatic heterocycles. The molecule has 4 nitrogen and oxygen atoms in total. The predicted octanol–water partition coefficient (Wildman–Crippen LogP) is 2.57. The summed E-state index contributed by atoms with van der Waals surface area (Å²) in [6.45, 7) is 0.397. The molecule has 0 radical (unpaired) electrons. The van der Waals surface area contributed by atoms with Crippen LogP contribution in [0, 0.1) is 5.82 Å². The third-order valence-corrected chi connectivity index (χ3v) is 3.68. The molecule has 0 aliphatic carbocycles. The Morgan fingerprint density at radius 3 is 2.77 bits per heavy atom. The Hall–Kier alpha value is -2.69. The third kappa shape index (κ3) is 2.98. The van der Waals surface area contributed by atoms with Crippen LogP contribution in [0.2, 0.25) is 0 Å². The highest BCUT2D eigenvalue weighted by Crippen LogP contribution is 2.32. The zero-order chi connectivity index (χ0) is 15.5. The van der Waals surface area contributed by atoms with Crippen LogP contribution >= 0.6 is 0 Å². The van der Waals surface area contributed by atoms with Gasteiger partial charge < -0.3 is 10.6 Å². The van der Waals surface area contributed by atoms with Gasteiger partial charge in [-0.05, 0) is 23.3 Å². The van der Waals surface area contributed by atoms with Gasteiger partial charge in [-0.25, -0.2) is 4.39 Å². The van der Waals surface area contributed by atoms with Crippen LogP contribution in [-0.4, -0.2) is 11.8 Å². The van der Waals surface area contributed by atoms with Crippen molar-refractivity contribution in [3.05, 3.63) is 65.5 Å². The van der Waals surface area contributed by atoms with E-state index < -0.39 is 11.7 Å². The van der Waals surface area contributed by atoms with Gasteiger partial charge in [0.15, 0.2) is 0 Å². The molecule has 0 saturated carbocycles. The summed E-state index contributed by atoms with van der Waals surface area (Å²) in [5.74, 6) is -1.54. The zero-order valence-corrected chi connectivity index (χ0v) is 11.8. The SMILES string of the molecule is O=C1C[C@@H](C(=O)NCc2ccccc2)c2ccc(F)cc2N1. The maximum atomic E-state index is 13.3. The van der Waals surface area contributed by atoms with Crippen molar-refractivity contribution in [1.82, 2.24) is 5.32 Å². The molecule has 1 aliphatic heterocycles. The van der Waals surface area contributed by atoms with E-state index in [-0.39, 0.29) is 18.2 Å². The summed E-state index contributed by atoms with van der Waals surface area (Å²) in [6.07, 6.45) is 0.0687. The molecule has 2 N–H and O–H groups in total. The van der Waals surface area contributed by atoms with Crippen LogP contribution in [0.1, 0.15) is 23.5 Å². The van der Waals surface area contributed by atoms with E-state index in [2.05, 4.69) is 10.6 Å². The fourth-order valence-electron chi connectivity index (χ4n) is 2.58. The first-order chi connectivity index (χ1) is 10.6. The van der Waals surface area contributed by atoms with Crippen LogP contribution in [0.4, 0.5) is 10.1 Å². The van der Waals surface area contributed by atoms with E-state index in [9.17, 15) is 14.0 Å². The number of fused-ring (bicyclic) bond motifs is 1. The van der Waals surface area contributed by atoms with E-state index in [1.807, 2.05) is 30.3 Å². The second-order valence-corrected chi connectivity index (χ2v) is 5.24. The number of rotatable bonds is 3. The van der Waals surface area contributed by atoms with Crippen molar-refractivity contribution in [2.75, 3.05) is 5.32 Å². The van der Waals surface area contributed by atoms with Crippen molar-refractivity contribution in [3.63, 3.8) is 0 Å². The smallest absolute Gasteiger partial charge is 0.228 e. The fourth-order valence-corrected chi connectivity index (χ4v) is 2.58. The van der Waals surface area contributed by atoms with Gasteiger partial charge in [0.25, 0.3) is 0 Å². The Morgan fingerprint density at radius 2 is 2.00 bits per heavy atom. The summed E-state index contributed by atoms with van der Waals surface area (Å²) in [6, 6.07) is 13.6. The second-order valence-electron chi connectivity index (χ2n) is 5.24. The van der Waals surface area contributed by atoms with Gasteiger partial charge in [-0.1, -0.05) is 36.4 Å². The standard InChI is InChI=1S/C17H15FN2O2/c18-12-6-7-13-14(9-16(21)20-15(13)8-12)17(22)19-10-11-4-2-1-3-5-11/h1-8,14H,9-10H2,(H,19,22)(H,20,21)/t14-/m1/s1. The molecular formula is C17H15FN2O2. The molecule has 1 heterocycles. The first-order valence-corrected chi connectivity index (χ1v) is 7.04. The summed E-state index contributed by atoms with van der Waals surface area (Å²) in [5, 5.41) is 5.43. The van der Waals surface area contributed by atoms with E-state index in [0.717, 1.165) is 5.56 Å². The fraction of sp³-hybridized carbons (Fsp3) is 0.176. The molecule has 0 saturated heterocycles. The van der Waals surface area contributed by atoms with Crippen molar-refractivity contribution < 1.29 is 14.0 Å². The first kappa shape index (κ1) is 14.3. The Balaban J connectivity index is 1.77. The highest BCUT2D eigenvalue weighted by Gasteiger charge is 2.30. The molecule has 1 aliphatic rings. The lowest BCUT2D eigenvalue weighted by molar-refractivity contribution is -0.126. The number of anilines is 1. The van der Waals surface area contributed by atoms with Gasteiger partial charge in [0.1, 0.15) is 5.82 Å². The van der Waals surface area contributed by atoms with Gasteiger partial charge in [0, 0.05) is 18.7 Å². The van der Waals surface area contributed by atoms with E-state index in [4.69, 9.17) is 0 Å². The minimum atomic E-state index is -0.590. The summed E-state index contributed by atoms with van der Waals surface area (Å²) >= 11 is 0. The lowest BCUT2D eigenvalue weighted by Crippen LogP contribution is -2.34. The number of nitrogens with one attached hydrogen (secondary N) is 2. The molecule has 0 fully saturated rings. The van der Waals surface area contributed by atoms with Crippen LogP contribution in [0.25, 0.3) is 0 Å². The van der Waals surface area contributed by atoms with Crippen molar-refractivity contribution in [2.24, 2.45) is 0 Å². The second kappa shape index (κ2) is 5.97. The minimum absolute atomic E-state index is 0.0687. The molecule has 0 bridgehead atoms. The van der Waals surface area contributed by atoms with Crippen LogP contribution in [-0.2, 0) is 16.1 Å². The van der Waals surface area contributed by atoms with Gasteiger partial charge in [-0.2, -0.15) is 0 Å². The Labute approximate surface area is 127 Å². The molecule has 2 aromatic rings. The lowest BCUT2D eigenvalue weighted by Gasteiger charge is -2.24. The van der Waals surface area contributed by atoms with Crippen molar-refractivity contribution >= 4 is 17.5 Å². The topological polar surface area (TPSA) is 58.2 Å². The molecule has 3 rings (SSSR count). The number of carbonyl (C=O) groups is 2. The number of carbonyl (C=O) groups excluding carboxylic acids is 2. The summed E-state index contributed by atoms with van der Waals surface area (Å²) in [4.78, 5) is 24.1. The van der Waals surface area contributed by atoms with Gasteiger partial charge in [-0.3, -0.25) is 9.59 Å². The number of benzene rings is 2.